The molecule has 0 fully saturated rings. The smallest absolute Gasteiger partial charge is 0.328 e. The monoisotopic (exact) mass is 275 g/mol. The fourth-order valence-electron chi connectivity index (χ4n) is 1.88. The van der Waals surface area contributed by atoms with E-state index in [1.54, 1.807) is 11.9 Å². The minimum absolute atomic E-state index is 0.0731. The Labute approximate surface area is 119 Å². The van der Waals surface area contributed by atoms with Crippen LogP contribution in [0.25, 0.3) is 6.08 Å². The Morgan fingerprint density at radius 1 is 1.30 bits per heavy atom. The summed E-state index contributed by atoms with van der Waals surface area (Å²) in [6, 6.07) is 7.48. The summed E-state index contributed by atoms with van der Waals surface area (Å²) in [4.78, 5) is 24.3. The highest BCUT2D eigenvalue weighted by Gasteiger charge is 2.24. The van der Waals surface area contributed by atoms with Crippen LogP contribution in [0.5, 0.6) is 0 Å². The van der Waals surface area contributed by atoms with Crippen molar-refractivity contribution in [3.63, 3.8) is 0 Å². The van der Waals surface area contributed by atoms with Gasteiger partial charge in [-0.2, -0.15) is 0 Å². The van der Waals surface area contributed by atoms with Crippen LogP contribution >= 0.6 is 0 Å². The third-order valence-electron chi connectivity index (χ3n) is 2.78. The Kier molecular flexibility index (Phi) is 5.08. The molecule has 1 aromatic carbocycles. The molecule has 4 heteroatoms. The van der Waals surface area contributed by atoms with Gasteiger partial charge in [-0.1, -0.05) is 39.0 Å². The molecule has 0 unspecified atom stereocenters. The molecular formula is C16H21NO3. The zero-order valence-electron chi connectivity index (χ0n) is 12.4. The SMILES string of the molecule is CN(Cc1cccc(C=CC(=O)O)c1)C(=O)C(C)(C)C. The van der Waals surface area contributed by atoms with Crippen molar-refractivity contribution in [1.29, 1.82) is 0 Å². The molecule has 0 saturated heterocycles. The van der Waals surface area contributed by atoms with Crippen molar-refractivity contribution in [2.24, 2.45) is 5.41 Å². The molecule has 0 aliphatic heterocycles. The van der Waals surface area contributed by atoms with E-state index < -0.39 is 11.4 Å². The van der Waals surface area contributed by atoms with Gasteiger partial charge in [-0.25, -0.2) is 4.79 Å². The first-order valence-electron chi connectivity index (χ1n) is 6.45. The van der Waals surface area contributed by atoms with Crippen molar-refractivity contribution >= 4 is 18.0 Å². The van der Waals surface area contributed by atoms with E-state index in [2.05, 4.69) is 0 Å². The number of benzene rings is 1. The van der Waals surface area contributed by atoms with E-state index in [1.165, 1.54) is 6.08 Å². The zero-order valence-corrected chi connectivity index (χ0v) is 12.4. The van der Waals surface area contributed by atoms with Crippen LogP contribution < -0.4 is 0 Å². The van der Waals surface area contributed by atoms with Gasteiger partial charge in [0.05, 0.1) is 0 Å². The van der Waals surface area contributed by atoms with Gasteiger partial charge in [0.25, 0.3) is 0 Å². The van der Waals surface area contributed by atoms with E-state index in [0.29, 0.717) is 6.54 Å². The summed E-state index contributed by atoms with van der Waals surface area (Å²) in [7, 11) is 1.77. The molecule has 1 rings (SSSR count). The van der Waals surface area contributed by atoms with Crippen LogP contribution in [0.2, 0.25) is 0 Å². The first kappa shape index (κ1) is 16.0. The number of rotatable bonds is 4. The van der Waals surface area contributed by atoms with Crippen LogP contribution in [-0.2, 0) is 16.1 Å². The van der Waals surface area contributed by atoms with Gasteiger partial charge in [0, 0.05) is 25.1 Å². The van der Waals surface area contributed by atoms with E-state index in [1.807, 2.05) is 45.0 Å². The molecule has 0 aliphatic carbocycles. The highest BCUT2D eigenvalue weighted by molar-refractivity contribution is 5.85. The molecule has 0 atom stereocenters. The number of carbonyl (C=O) groups excluding carboxylic acids is 1. The fraction of sp³-hybridized carbons (Fsp3) is 0.375. The van der Waals surface area contributed by atoms with Crippen LogP contribution in [0, 0.1) is 5.41 Å². The Hall–Kier alpha value is -2.10. The van der Waals surface area contributed by atoms with Crippen molar-refractivity contribution < 1.29 is 14.7 Å². The normalized spacial score (nSPS) is 11.6. The predicted octanol–water partition coefficient (Wildman–Crippen LogP) is 2.79. The second-order valence-electron chi connectivity index (χ2n) is 5.83. The van der Waals surface area contributed by atoms with E-state index >= 15 is 0 Å². The number of hydrogen-bond donors (Lipinski definition) is 1. The number of aliphatic carboxylic acids is 1. The van der Waals surface area contributed by atoms with Gasteiger partial charge in [-0.05, 0) is 23.3 Å². The Morgan fingerprint density at radius 3 is 2.50 bits per heavy atom. The summed E-state index contributed by atoms with van der Waals surface area (Å²) in [6.07, 6.45) is 2.64. The molecule has 0 spiro atoms. The first-order chi connectivity index (χ1) is 9.20. The molecule has 0 radical (unpaired) electrons. The van der Waals surface area contributed by atoms with Gasteiger partial charge in [0.1, 0.15) is 0 Å². The van der Waals surface area contributed by atoms with E-state index in [0.717, 1.165) is 17.2 Å². The van der Waals surface area contributed by atoms with Crippen LogP contribution in [0.3, 0.4) is 0 Å². The summed E-state index contributed by atoms with van der Waals surface area (Å²) >= 11 is 0. The molecule has 1 amide bonds. The summed E-state index contributed by atoms with van der Waals surface area (Å²) in [6.45, 7) is 6.17. The van der Waals surface area contributed by atoms with Crippen LogP contribution in [0.4, 0.5) is 0 Å². The molecular weight excluding hydrogens is 254 g/mol. The highest BCUT2D eigenvalue weighted by Crippen LogP contribution is 2.18. The number of amides is 1. The van der Waals surface area contributed by atoms with Crippen molar-refractivity contribution in [1.82, 2.24) is 4.90 Å². The molecule has 0 bridgehead atoms. The van der Waals surface area contributed by atoms with Crippen molar-refractivity contribution in [2.45, 2.75) is 27.3 Å². The average molecular weight is 275 g/mol. The molecule has 0 aliphatic rings. The minimum Gasteiger partial charge on any atom is -0.478 e. The number of nitrogens with zero attached hydrogens (tertiary/aromatic N) is 1. The summed E-state index contributed by atoms with van der Waals surface area (Å²) in [5.41, 5.74) is 1.37. The Morgan fingerprint density at radius 2 is 1.95 bits per heavy atom. The van der Waals surface area contributed by atoms with Gasteiger partial charge in [-0.3, -0.25) is 4.79 Å². The van der Waals surface area contributed by atoms with Crippen LogP contribution in [0.1, 0.15) is 31.9 Å². The van der Waals surface area contributed by atoms with E-state index in [9.17, 15) is 9.59 Å². The zero-order chi connectivity index (χ0) is 15.3. The van der Waals surface area contributed by atoms with Crippen molar-refractivity contribution in [2.75, 3.05) is 7.05 Å². The molecule has 0 saturated carbocycles. The van der Waals surface area contributed by atoms with Crippen LogP contribution in [-0.4, -0.2) is 28.9 Å². The van der Waals surface area contributed by atoms with Gasteiger partial charge in [-0.15, -0.1) is 0 Å². The molecule has 0 heterocycles. The first-order valence-corrected chi connectivity index (χ1v) is 6.45. The number of carboxylic acid groups (broad SMARTS) is 1. The van der Waals surface area contributed by atoms with Gasteiger partial charge in [0.2, 0.25) is 5.91 Å². The second-order valence-corrected chi connectivity index (χ2v) is 5.83. The Balaban J connectivity index is 2.81. The second kappa shape index (κ2) is 6.37. The average Bonchev–Trinajstić information content (AvgIpc) is 2.34. The number of carbonyl (C=O) groups is 2. The molecule has 1 aromatic rings. The fourth-order valence-corrected chi connectivity index (χ4v) is 1.88. The third kappa shape index (κ3) is 4.88. The predicted molar refractivity (Wildman–Crippen MR) is 79.0 cm³/mol. The topological polar surface area (TPSA) is 57.6 Å². The maximum atomic E-state index is 12.1. The van der Waals surface area contributed by atoms with Gasteiger partial charge < -0.3 is 10.0 Å². The largest absolute Gasteiger partial charge is 0.478 e. The Bertz CT molecular complexity index is 527. The van der Waals surface area contributed by atoms with Gasteiger partial charge >= 0.3 is 5.97 Å². The third-order valence-corrected chi connectivity index (χ3v) is 2.78. The molecule has 108 valence electrons. The number of carboxylic acids is 1. The lowest BCUT2D eigenvalue weighted by molar-refractivity contribution is -0.138. The molecule has 1 N–H and O–H groups in total. The highest BCUT2D eigenvalue weighted by atomic mass is 16.4. The minimum atomic E-state index is -0.976. The van der Waals surface area contributed by atoms with Gasteiger partial charge in [0.15, 0.2) is 0 Å². The maximum absolute atomic E-state index is 12.1. The standard InChI is InChI=1S/C16H21NO3/c1-16(2,3)15(20)17(4)11-13-7-5-6-12(10-13)8-9-14(18)19/h5-10H,11H2,1-4H3,(H,18,19). The summed E-state index contributed by atoms with van der Waals surface area (Å²) in [5, 5.41) is 8.61. The number of hydrogen-bond acceptors (Lipinski definition) is 2. The van der Waals surface area contributed by atoms with Crippen molar-refractivity contribution in [3.05, 3.63) is 41.5 Å². The lowest BCUT2D eigenvalue weighted by Gasteiger charge is -2.26. The van der Waals surface area contributed by atoms with Crippen molar-refractivity contribution in [3.8, 4) is 0 Å². The van der Waals surface area contributed by atoms with E-state index in [4.69, 9.17) is 5.11 Å². The van der Waals surface area contributed by atoms with E-state index in [-0.39, 0.29) is 5.91 Å². The summed E-state index contributed by atoms with van der Waals surface area (Å²) in [5.74, 6) is -0.903. The maximum Gasteiger partial charge on any atom is 0.328 e. The summed E-state index contributed by atoms with van der Waals surface area (Å²) < 4.78 is 0. The lowest BCUT2D eigenvalue weighted by atomic mass is 9.94. The molecule has 4 nitrogen and oxygen atoms in total. The lowest BCUT2D eigenvalue weighted by Crippen LogP contribution is -2.36. The quantitative estimate of drug-likeness (QED) is 0.860. The van der Waals surface area contributed by atoms with Crippen LogP contribution in [0.15, 0.2) is 30.3 Å². The molecule has 0 aromatic heterocycles. The molecule has 20 heavy (non-hydrogen) atoms.